The summed E-state index contributed by atoms with van der Waals surface area (Å²) in [5.74, 6) is -1.84. The van der Waals surface area contributed by atoms with Crippen LogP contribution in [0.1, 0.15) is 31.0 Å². The van der Waals surface area contributed by atoms with Crippen molar-refractivity contribution in [1.29, 1.82) is 0 Å². The molecule has 0 amide bonds. The normalized spacial score (nSPS) is 20.4. The zero-order valence-electron chi connectivity index (χ0n) is 12.4. The summed E-state index contributed by atoms with van der Waals surface area (Å²) in [7, 11) is 0. The quantitative estimate of drug-likeness (QED) is 0.665. The van der Waals surface area contributed by atoms with Crippen LogP contribution < -0.4 is 0 Å². The highest BCUT2D eigenvalue weighted by Gasteiger charge is 2.47. The molecule has 0 spiro atoms. The van der Waals surface area contributed by atoms with Gasteiger partial charge < -0.3 is 14.8 Å². The van der Waals surface area contributed by atoms with Gasteiger partial charge in [-0.3, -0.25) is 10.1 Å². The number of ether oxygens (including phenoxy) is 1. The van der Waals surface area contributed by atoms with Crippen molar-refractivity contribution in [2.45, 2.75) is 31.8 Å². The molecule has 3 rings (SSSR count). The van der Waals surface area contributed by atoms with Crippen LogP contribution in [-0.4, -0.2) is 27.6 Å². The summed E-state index contributed by atoms with van der Waals surface area (Å²) in [6.45, 7) is 1.92. The molecule has 7 nitrogen and oxygen atoms in total. The predicted octanol–water partition coefficient (Wildman–Crippen LogP) is 2.87. The largest absolute Gasteiger partial charge is 0.479 e. The van der Waals surface area contributed by atoms with E-state index in [2.05, 4.69) is 4.98 Å². The molecule has 2 aromatic rings. The van der Waals surface area contributed by atoms with Gasteiger partial charge in [-0.2, -0.15) is 0 Å². The molecule has 23 heavy (non-hydrogen) atoms. The molecule has 1 aliphatic rings. The molecule has 0 bridgehead atoms. The Morgan fingerprint density at radius 2 is 2.30 bits per heavy atom. The molecule has 1 aliphatic heterocycles. The zero-order chi connectivity index (χ0) is 16.8. The zero-order valence-corrected chi connectivity index (χ0v) is 12.4. The second kappa shape index (κ2) is 5.31. The molecule has 0 aliphatic carbocycles. The van der Waals surface area contributed by atoms with Crippen LogP contribution in [0.25, 0.3) is 10.9 Å². The van der Waals surface area contributed by atoms with E-state index < -0.39 is 22.3 Å². The summed E-state index contributed by atoms with van der Waals surface area (Å²) in [5.41, 5.74) is -1.25. The van der Waals surface area contributed by atoms with E-state index >= 15 is 0 Å². The Hall–Kier alpha value is -2.48. The number of hydrogen-bond acceptors (Lipinski definition) is 4. The van der Waals surface area contributed by atoms with Crippen LogP contribution in [0.15, 0.2) is 12.1 Å². The summed E-state index contributed by atoms with van der Waals surface area (Å²) >= 11 is 0. The number of aromatic amines is 1. The van der Waals surface area contributed by atoms with Crippen molar-refractivity contribution in [1.82, 2.24) is 4.98 Å². The molecule has 2 N–H and O–H groups in total. The van der Waals surface area contributed by atoms with E-state index in [0.717, 1.165) is 12.1 Å². The Morgan fingerprint density at radius 1 is 1.57 bits per heavy atom. The molecular formula is C15H15FN2O5. The predicted molar refractivity (Wildman–Crippen MR) is 78.8 cm³/mol. The maximum atomic E-state index is 14.1. The van der Waals surface area contributed by atoms with Gasteiger partial charge in [0, 0.05) is 6.07 Å². The molecule has 0 fully saturated rings. The minimum Gasteiger partial charge on any atom is -0.479 e. The number of nitro groups is 1. The number of carboxylic acid groups (broad SMARTS) is 1. The molecule has 1 atom stereocenters. The molecule has 1 aromatic carbocycles. The van der Waals surface area contributed by atoms with Crippen LogP contribution >= 0.6 is 0 Å². The fourth-order valence-electron chi connectivity index (χ4n) is 3.29. The Kier molecular flexibility index (Phi) is 3.56. The van der Waals surface area contributed by atoms with Gasteiger partial charge in [-0.05, 0) is 24.5 Å². The van der Waals surface area contributed by atoms with Crippen LogP contribution in [0.2, 0.25) is 0 Å². The van der Waals surface area contributed by atoms with E-state index in [-0.39, 0.29) is 35.3 Å². The first-order valence-electron chi connectivity index (χ1n) is 7.27. The first kappa shape index (κ1) is 15.4. The molecule has 8 heteroatoms. The van der Waals surface area contributed by atoms with Crippen molar-refractivity contribution in [3.05, 3.63) is 39.3 Å². The number of fused-ring (bicyclic) bond motifs is 3. The fourth-order valence-corrected chi connectivity index (χ4v) is 3.29. The van der Waals surface area contributed by atoms with E-state index in [1.807, 2.05) is 6.92 Å². The van der Waals surface area contributed by atoms with E-state index in [4.69, 9.17) is 4.74 Å². The fraction of sp³-hybridized carbons (Fsp3) is 0.400. The van der Waals surface area contributed by atoms with E-state index in [1.54, 1.807) is 0 Å². The van der Waals surface area contributed by atoms with Crippen molar-refractivity contribution in [3.63, 3.8) is 0 Å². The van der Waals surface area contributed by atoms with Gasteiger partial charge in [-0.1, -0.05) is 13.3 Å². The third-order valence-corrected chi connectivity index (χ3v) is 4.23. The van der Waals surface area contributed by atoms with Gasteiger partial charge in [0.05, 0.1) is 28.1 Å². The molecule has 2 heterocycles. The summed E-state index contributed by atoms with van der Waals surface area (Å²) < 4.78 is 19.7. The minimum absolute atomic E-state index is 0.0450. The van der Waals surface area contributed by atoms with Crippen LogP contribution in [0.5, 0.6) is 0 Å². The van der Waals surface area contributed by atoms with Crippen molar-refractivity contribution in [2.24, 2.45) is 0 Å². The van der Waals surface area contributed by atoms with Gasteiger partial charge in [0.2, 0.25) is 5.60 Å². The number of nitrogens with one attached hydrogen (secondary N) is 1. The van der Waals surface area contributed by atoms with Crippen molar-refractivity contribution < 1.29 is 24.0 Å². The highest BCUT2D eigenvalue weighted by atomic mass is 19.1. The lowest BCUT2D eigenvalue weighted by Gasteiger charge is -2.33. The summed E-state index contributed by atoms with van der Waals surface area (Å²) in [6, 6.07) is 2.11. The Morgan fingerprint density at radius 3 is 2.91 bits per heavy atom. The Balaban J connectivity index is 2.38. The highest BCUT2D eigenvalue weighted by Crippen LogP contribution is 2.43. The average Bonchev–Trinajstić information content (AvgIpc) is 2.89. The number of nitrogens with zero attached hydrogens (tertiary/aromatic N) is 1. The monoisotopic (exact) mass is 322 g/mol. The van der Waals surface area contributed by atoms with Gasteiger partial charge in [0.25, 0.3) is 5.69 Å². The number of non-ortho nitro benzene ring substituents is 1. The summed E-state index contributed by atoms with van der Waals surface area (Å²) in [4.78, 5) is 25.3. The number of halogens is 1. The second-order valence-corrected chi connectivity index (χ2v) is 5.53. The average molecular weight is 322 g/mol. The van der Waals surface area contributed by atoms with E-state index in [0.29, 0.717) is 18.4 Å². The van der Waals surface area contributed by atoms with Gasteiger partial charge in [-0.25, -0.2) is 9.18 Å². The van der Waals surface area contributed by atoms with Crippen LogP contribution in [-0.2, 0) is 21.6 Å². The molecular weight excluding hydrogens is 307 g/mol. The van der Waals surface area contributed by atoms with Gasteiger partial charge in [-0.15, -0.1) is 0 Å². The number of carboxylic acids is 1. The maximum Gasteiger partial charge on any atom is 0.342 e. The van der Waals surface area contributed by atoms with Crippen LogP contribution in [0, 0.1) is 15.9 Å². The van der Waals surface area contributed by atoms with Crippen molar-refractivity contribution in [2.75, 3.05) is 6.61 Å². The third kappa shape index (κ3) is 2.09. The second-order valence-electron chi connectivity index (χ2n) is 5.53. The topological polar surface area (TPSA) is 105 Å². The number of aliphatic carboxylic acids is 1. The van der Waals surface area contributed by atoms with Gasteiger partial charge >= 0.3 is 5.97 Å². The summed E-state index contributed by atoms with van der Waals surface area (Å²) in [5, 5.41) is 21.1. The first-order valence-corrected chi connectivity index (χ1v) is 7.27. The lowest BCUT2D eigenvalue weighted by molar-refractivity contribution is -0.383. The number of hydrogen-bond donors (Lipinski definition) is 2. The molecule has 0 radical (unpaired) electrons. The van der Waals surface area contributed by atoms with Gasteiger partial charge in [0.15, 0.2) is 0 Å². The summed E-state index contributed by atoms with van der Waals surface area (Å²) in [6.07, 6.45) is 1.02. The lowest BCUT2D eigenvalue weighted by atomic mass is 9.87. The molecule has 0 saturated heterocycles. The number of rotatable bonds is 4. The Bertz CT molecular complexity index is 816. The van der Waals surface area contributed by atoms with Crippen molar-refractivity contribution >= 4 is 22.6 Å². The molecule has 1 aromatic heterocycles. The molecule has 0 saturated carbocycles. The molecule has 122 valence electrons. The smallest absolute Gasteiger partial charge is 0.342 e. The van der Waals surface area contributed by atoms with Crippen LogP contribution in [0.3, 0.4) is 0 Å². The number of aromatic nitrogens is 1. The van der Waals surface area contributed by atoms with E-state index in [9.17, 15) is 24.4 Å². The maximum absolute atomic E-state index is 14.1. The number of benzene rings is 1. The number of H-pyrrole nitrogens is 1. The third-order valence-electron chi connectivity index (χ3n) is 4.23. The standard InChI is InChI=1S/C15H15FN2O5/c1-2-6-15(14(19)20)13-8(5-7-23-15)11-10(18(21)22)4-3-9(16)12(11)17-13/h3-4,17H,2,5-7H2,1H3,(H,19,20). The number of nitro benzene ring substituents is 1. The number of carbonyl (C=O) groups is 1. The van der Waals surface area contributed by atoms with Crippen LogP contribution in [0.4, 0.5) is 10.1 Å². The first-order chi connectivity index (χ1) is 10.9. The van der Waals surface area contributed by atoms with Gasteiger partial charge in [0.1, 0.15) is 5.82 Å². The molecule has 1 unspecified atom stereocenters. The Labute approximate surface area is 130 Å². The highest BCUT2D eigenvalue weighted by molar-refractivity contribution is 5.95. The SMILES string of the molecule is CCCC1(C(=O)O)OCCc2c1[nH]c1c(F)ccc([N+](=O)[O-])c21. The van der Waals surface area contributed by atoms with E-state index in [1.165, 1.54) is 0 Å². The minimum atomic E-state index is -1.62. The van der Waals surface area contributed by atoms with Crippen molar-refractivity contribution in [3.8, 4) is 0 Å². The lowest BCUT2D eigenvalue weighted by Crippen LogP contribution is -2.43.